The molecule has 0 fully saturated rings. The normalized spacial score (nSPS) is 12.2. The number of rotatable bonds is 5. The largest absolute Gasteiger partial charge is 0.354 e. The van der Waals surface area contributed by atoms with E-state index in [2.05, 4.69) is 41.8 Å². The molecule has 0 aliphatic rings. The highest BCUT2D eigenvalue weighted by atomic mass is 16.2. The first kappa shape index (κ1) is 12.7. The Hall–Kier alpha value is -1.35. The molecule has 88 valence electrons. The van der Waals surface area contributed by atoms with E-state index in [1.807, 2.05) is 6.92 Å². The van der Waals surface area contributed by atoms with Crippen molar-refractivity contribution in [2.24, 2.45) is 0 Å². The van der Waals surface area contributed by atoms with Crippen LogP contribution in [0.1, 0.15) is 18.1 Å². The molecule has 2 N–H and O–H groups in total. The first-order valence-electron chi connectivity index (χ1n) is 5.64. The molecular formula is C13H20N2O. The average Bonchev–Trinajstić information content (AvgIpc) is 2.30. The van der Waals surface area contributed by atoms with Gasteiger partial charge in [0.15, 0.2) is 0 Å². The molecule has 0 heterocycles. The van der Waals surface area contributed by atoms with E-state index in [4.69, 9.17) is 0 Å². The lowest BCUT2D eigenvalue weighted by Crippen LogP contribution is -2.41. The van der Waals surface area contributed by atoms with Crippen molar-refractivity contribution in [3.63, 3.8) is 0 Å². The molecule has 1 rings (SSSR count). The summed E-state index contributed by atoms with van der Waals surface area (Å²) in [7, 11) is 1.78. The Kier molecular flexibility index (Phi) is 4.99. The van der Waals surface area contributed by atoms with Crippen LogP contribution in [-0.4, -0.2) is 25.5 Å². The Morgan fingerprint density at radius 3 is 2.50 bits per heavy atom. The van der Waals surface area contributed by atoms with Crippen LogP contribution in [0.2, 0.25) is 0 Å². The standard InChI is InChI=1S/C13H20N2O/c1-10-4-6-12(7-5-10)8-9-15-13(16)11(2)14-3/h4-7,11,14H,8-9H2,1-3H3,(H,15,16). The van der Waals surface area contributed by atoms with Gasteiger partial charge in [0.25, 0.3) is 0 Å². The molecule has 0 bridgehead atoms. The number of benzene rings is 1. The maximum Gasteiger partial charge on any atom is 0.236 e. The number of aryl methyl sites for hydroxylation is 1. The molecule has 0 aromatic heterocycles. The van der Waals surface area contributed by atoms with Gasteiger partial charge in [-0.2, -0.15) is 0 Å². The number of likely N-dealkylation sites (N-methyl/N-ethyl adjacent to an activating group) is 1. The highest BCUT2D eigenvalue weighted by molar-refractivity contribution is 5.81. The second-order valence-corrected chi connectivity index (χ2v) is 4.04. The monoisotopic (exact) mass is 220 g/mol. The maximum absolute atomic E-state index is 11.4. The van der Waals surface area contributed by atoms with Gasteiger partial charge >= 0.3 is 0 Å². The Labute approximate surface area is 97.2 Å². The number of hydrogen-bond donors (Lipinski definition) is 2. The average molecular weight is 220 g/mol. The van der Waals surface area contributed by atoms with Crippen molar-refractivity contribution in [3.8, 4) is 0 Å². The molecule has 1 atom stereocenters. The molecule has 1 aromatic carbocycles. The van der Waals surface area contributed by atoms with E-state index in [1.54, 1.807) is 7.05 Å². The fourth-order valence-electron chi connectivity index (χ4n) is 1.37. The summed E-state index contributed by atoms with van der Waals surface area (Å²) in [6.07, 6.45) is 0.877. The van der Waals surface area contributed by atoms with Crippen LogP contribution < -0.4 is 10.6 Å². The van der Waals surface area contributed by atoms with Gasteiger partial charge in [-0.25, -0.2) is 0 Å². The van der Waals surface area contributed by atoms with E-state index >= 15 is 0 Å². The topological polar surface area (TPSA) is 41.1 Å². The minimum atomic E-state index is -0.127. The van der Waals surface area contributed by atoms with Gasteiger partial charge in [0.05, 0.1) is 6.04 Å². The Morgan fingerprint density at radius 2 is 1.94 bits per heavy atom. The number of nitrogens with one attached hydrogen (secondary N) is 2. The highest BCUT2D eigenvalue weighted by Crippen LogP contribution is 2.02. The van der Waals surface area contributed by atoms with E-state index in [0.717, 1.165) is 6.42 Å². The summed E-state index contributed by atoms with van der Waals surface area (Å²) in [6, 6.07) is 8.25. The van der Waals surface area contributed by atoms with Gasteiger partial charge in [0, 0.05) is 6.54 Å². The van der Waals surface area contributed by atoms with Gasteiger partial charge < -0.3 is 10.6 Å². The third-order valence-corrected chi connectivity index (χ3v) is 2.66. The number of carbonyl (C=O) groups is 1. The summed E-state index contributed by atoms with van der Waals surface area (Å²) in [5.41, 5.74) is 2.51. The van der Waals surface area contributed by atoms with Crippen LogP contribution in [0.3, 0.4) is 0 Å². The first-order chi connectivity index (χ1) is 7.63. The Morgan fingerprint density at radius 1 is 1.31 bits per heavy atom. The van der Waals surface area contributed by atoms with Gasteiger partial charge in [-0.1, -0.05) is 29.8 Å². The fraction of sp³-hybridized carbons (Fsp3) is 0.462. The van der Waals surface area contributed by atoms with Crippen molar-refractivity contribution >= 4 is 5.91 Å². The lowest BCUT2D eigenvalue weighted by atomic mass is 10.1. The Balaban J connectivity index is 2.30. The van der Waals surface area contributed by atoms with Crippen molar-refractivity contribution in [1.82, 2.24) is 10.6 Å². The van der Waals surface area contributed by atoms with E-state index in [0.29, 0.717) is 6.54 Å². The van der Waals surface area contributed by atoms with Crippen LogP contribution in [0.4, 0.5) is 0 Å². The van der Waals surface area contributed by atoms with Gasteiger partial charge in [-0.3, -0.25) is 4.79 Å². The van der Waals surface area contributed by atoms with Crippen LogP contribution in [-0.2, 0) is 11.2 Å². The van der Waals surface area contributed by atoms with E-state index in [9.17, 15) is 4.79 Å². The van der Waals surface area contributed by atoms with E-state index < -0.39 is 0 Å². The molecule has 0 aliphatic heterocycles. The van der Waals surface area contributed by atoms with Crippen molar-refractivity contribution in [2.75, 3.05) is 13.6 Å². The number of carbonyl (C=O) groups excluding carboxylic acids is 1. The minimum absolute atomic E-state index is 0.0506. The molecule has 1 amide bonds. The maximum atomic E-state index is 11.4. The van der Waals surface area contributed by atoms with E-state index in [-0.39, 0.29) is 11.9 Å². The smallest absolute Gasteiger partial charge is 0.236 e. The summed E-state index contributed by atoms with van der Waals surface area (Å²) >= 11 is 0. The fourth-order valence-corrected chi connectivity index (χ4v) is 1.37. The minimum Gasteiger partial charge on any atom is -0.354 e. The molecule has 1 aromatic rings. The summed E-state index contributed by atoms with van der Waals surface area (Å²) in [4.78, 5) is 11.4. The molecule has 16 heavy (non-hydrogen) atoms. The molecule has 0 saturated carbocycles. The molecule has 0 radical (unpaired) electrons. The predicted molar refractivity (Wildman–Crippen MR) is 66.4 cm³/mol. The highest BCUT2D eigenvalue weighted by Gasteiger charge is 2.08. The molecule has 1 unspecified atom stereocenters. The molecule has 0 saturated heterocycles. The van der Waals surface area contributed by atoms with Crippen LogP contribution >= 0.6 is 0 Å². The second kappa shape index (κ2) is 6.28. The summed E-state index contributed by atoms with van der Waals surface area (Å²) in [6.45, 7) is 4.61. The van der Waals surface area contributed by atoms with Crippen LogP contribution in [0.15, 0.2) is 24.3 Å². The molecule has 3 heteroatoms. The summed E-state index contributed by atoms with van der Waals surface area (Å²) in [5, 5.41) is 5.80. The Bertz CT molecular complexity index is 332. The lowest BCUT2D eigenvalue weighted by molar-refractivity contribution is -0.122. The number of amides is 1. The zero-order valence-electron chi connectivity index (χ0n) is 10.2. The third kappa shape index (κ3) is 4.03. The van der Waals surface area contributed by atoms with Crippen molar-refractivity contribution < 1.29 is 4.79 Å². The van der Waals surface area contributed by atoms with Crippen molar-refractivity contribution in [3.05, 3.63) is 35.4 Å². The zero-order chi connectivity index (χ0) is 12.0. The molecule has 0 aliphatic carbocycles. The van der Waals surface area contributed by atoms with Gasteiger partial charge in [-0.15, -0.1) is 0 Å². The van der Waals surface area contributed by atoms with Crippen LogP contribution in [0.5, 0.6) is 0 Å². The van der Waals surface area contributed by atoms with Crippen LogP contribution in [0, 0.1) is 6.92 Å². The second-order valence-electron chi connectivity index (χ2n) is 4.04. The molecule has 3 nitrogen and oxygen atoms in total. The summed E-state index contributed by atoms with van der Waals surface area (Å²) in [5.74, 6) is 0.0506. The zero-order valence-corrected chi connectivity index (χ0v) is 10.2. The van der Waals surface area contributed by atoms with Crippen molar-refractivity contribution in [1.29, 1.82) is 0 Å². The van der Waals surface area contributed by atoms with Crippen molar-refractivity contribution in [2.45, 2.75) is 26.3 Å². The van der Waals surface area contributed by atoms with Gasteiger partial charge in [-0.05, 0) is 32.9 Å². The predicted octanol–water partition coefficient (Wildman–Crippen LogP) is 1.26. The van der Waals surface area contributed by atoms with E-state index in [1.165, 1.54) is 11.1 Å². The van der Waals surface area contributed by atoms with Crippen LogP contribution in [0.25, 0.3) is 0 Å². The van der Waals surface area contributed by atoms with Gasteiger partial charge in [0.1, 0.15) is 0 Å². The molecule has 0 spiro atoms. The SMILES string of the molecule is CNC(C)C(=O)NCCc1ccc(C)cc1. The lowest BCUT2D eigenvalue weighted by Gasteiger charge is -2.10. The quantitative estimate of drug-likeness (QED) is 0.784. The first-order valence-corrected chi connectivity index (χ1v) is 5.64. The number of hydrogen-bond acceptors (Lipinski definition) is 2. The van der Waals surface area contributed by atoms with Gasteiger partial charge in [0.2, 0.25) is 5.91 Å². The molecular weight excluding hydrogens is 200 g/mol. The summed E-state index contributed by atoms with van der Waals surface area (Å²) < 4.78 is 0. The third-order valence-electron chi connectivity index (χ3n) is 2.66.